The molecule has 1 aliphatic carbocycles. The first-order chi connectivity index (χ1) is 29.5. The van der Waals surface area contributed by atoms with Crippen LogP contribution in [0.15, 0.2) is 209 Å². The predicted molar refractivity (Wildman–Crippen MR) is 250 cm³/mol. The van der Waals surface area contributed by atoms with Crippen molar-refractivity contribution in [3.63, 3.8) is 0 Å². The first kappa shape index (κ1) is 34.4. The number of rotatable bonds is 6. The van der Waals surface area contributed by atoms with Gasteiger partial charge in [-0.05, 0) is 99.1 Å². The molecule has 0 unspecified atom stereocenters. The number of nitrogens with zero attached hydrogens (tertiary/aromatic N) is 1. The zero-order chi connectivity index (χ0) is 40.0. The average Bonchev–Trinajstić information content (AvgIpc) is 3.95. The molecule has 0 aliphatic heterocycles. The minimum atomic E-state index is -0.0614. The summed E-state index contributed by atoms with van der Waals surface area (Å²) < 4.78 is 13.0. The topological polar surface area (TPSA) is 29.5 Å². The molecule has 1 aliphatic rings. The molecule has 9 aromatic carbocycles. The summed E-state index contributed by atoms with van der Waals surface area (Å²) in [5, 5.41) is 4.49. The minimum Gasteiger partial charge on any atom is -0.455 e. The molecule has 0 N–H and O–H groups in total. The van der Waals surface area contributed by atoms with Crippen molar-refractivity contribution in [3.05, 3.63) is 211 Å². The smallest absolute Gasteiger partial charge is 0.143 e. The maximum absolute atomic E-state index is 6.52. The van der Waals surface area contributed by atoms with E-state index in [1.54, 1.807) is 0 Å². The molecular weight excluding hydrogens is 731 g/mol. The predicted octanol–water partition coefficient (Wildman–Crippen LogP) is 16.3. The molecule has 0 spiro atoms. The van der Waals surface area contributed by atoms with E-state index in [1.165, 1.54) is 33.4 Å². The summed E-state index contributed by atoms with van der Waals surface area (Å²) in [5.41, 5.74) is 18.8. The Morgan fingerprint density at radius 3 is 1.43 bits per heavy atom. The monoisotopic (exact) mass is 769 g/mol. The molecule has 0 saturated carbocycles. The summed E-state index contributed by atoms with van der Waals surface area (Å²) in [4.78, 5) is 2.36. The average molecular weight is 770 g/mol. The zero-order valence-corrected chi connectivity index (χ0v) is 33.3. The third-order valence-corrected chi connectivity index (χ3v) is 12.7. The lowest BCUT2D eigenvalue weighted by Gasteiger charge is -2.27. The zero-order valence-electron chi connectivity index (χ0n) is 33.3. The van der Waals surface area contributed by atoms with Gasteiger partial charge >= 0.3 is 0 Å². The van der Waals surface area contributed by atoms with Gasteiger partial charge in [0.15, 0.2) is 0 Å². The number of furan rings is 2. The summed E-state index contributed by atoms with van der Waals surface area (Å²) in [6.07, 6.45) is 0. The summed E-state index contributed by atoms with van der Waals surface area (Å²) in [5.74, 6) is 0. The summed E-state index contributed by atoms with van der Waals surface area (Å²) >= 11 is 0. The van der Waals surface area contributed by atoms with Gasteiger partial charge in [-0.3, -0.25) is 0 Å². The Hall–Kier alpha value is -7.62. The molecule has 3 heteroatoms. The van der Waals surface area contributed by atoms with Crippen LogP contribution in [0.5, 0.6) is 0 Å². The van der Waals surface area contributed by atoms with Crippen molar-refractivity contribution in [2.24, 2.45) is 0 Å². The largest absolute Gasteiger partial charge is 0.455 e. The van der Waals surface area contributed by atoms with Crippen LogP contribution >= 0.6 is 0 Å². The Balaban J connectivity index is 0.992. The summed E-state index contributed by atoms with van der Waals surface area (Å²) in [6, 6.07) is 71.9. The lowest BCUT2D eigenvalue weighted by atomic mass is 9.81. The van der Waals surface area contributed by atoms with Crippen molar-refractivity contribution < 1.29 is 8.83 Å². The molecule has 284 valence electrons. The van der Waals surface area contributed by atoms with Crippen LogP contribution in [0, 0.1) is 0 Å². The van der Waals surface area contributed by atoms with E-state index in [-0.39, 0.29) is 5.41 Å². The minimum absolute atomic E-state index is 0.0614. The highest BCUT2D eigenvalue weighted by atomic mass is 16.3. The second-order valence-corrected chi connectivity index (χ2v) is 16.5. The fourth-order valence-electron chi connectivity index (χ4n) is 9.71. The van der Waals surface area contributed by atoms with Gasteiger partial charge in [0.25, 0.3) is 0 Å². The van der Waals surface area contributed by atoms with Gasteiger partial charge in [0.1, 0.15) is 22.3 Å². The van der Waals surface area contributed by atoms with Crippen molar-refractivity contribution in [3.8, 4) is 44.5 Å². The van der Waals surface area contributed by atoms with Crippen LogP contribution in [0.1, 0.15) is 25.0 Å². The van der Waals surface area contributed by atoms with Crippen molar-refractivity contribution in [2.45, 2.75) is 19.3 Å². The third kappa shape index (κ3) is 5.29. The van der Waals surface area contributed by atoms with E-state index in [9.17, 15) is 0 Å². The molecule has 0 atom stereocenters. The Labute approximate surface area is 348 Å². The van der Waals surface area contributed by atoms with E-state index in [0.717, 1.165) is 83.2 Å². The molecule has 3 nitrogen and oxygen atoms in total. The Morgan fingerprint density at radius 2 is 0.817 bits per heavy atom. The maximum atomic E-state index is 6.52. The van der Waals surface area contributed by atoms with Crippen LogP contribution in [0.25, 0.3) is 88.4 Å². The van der Waals surface area contributed by atoms with Crippen molar-refractivity contribution in [1.29, 1.82) is 0 Å². The van der Waals surface area contributed by atoms with Gasteiger partial charge in [0.05, 0.1) is 0 Å². The highest BCUT2D eigenvalue weighted by Gasteiger charge is 2.35. The number of para-hydroxylation sites is 4. The fourth-order valence-corrected chi connectivity index (χ4v) is 9.71. The fraction of sp³-hybridized carbons (Fsp3) is 0.0526. The number of hydrogen-bond acceptors (Lipinski definition) is 3. The number of anilines is 3. The van der Waals surface area contributed by atoms with E-state index in [4.69, 9.17) is 8.83 Å². The molecule has 12 rings (SSSR count). The molecule has 2 aromatic heterocycles. The second kappa shape index (κ2) is 13.2. The molecule has 0 amide bonds. The van der Waals surface area contributed by atoms with E-state index < -0.39 is 0 Å². The van der Waals surface area contributed by atoms with E-state index in [0.29, 0.717) is 0 Å². The molecule has 0 radical (unpaired) electrons. The van der Waals surface area contributed by atoms with Crippen molar-refractivity contribution >= 4 is 60.9 Å². The van der Waals surface area contributed by atoms with E-state index in [1.807, 2.05) is 24.3 Å². The first-order valence-electron chi connectivity index (χ1n) is 20.7. The SMILES string of the molecule is CC1(C)c2ccccc2-c2ccc(-c3ccc(N(c4cccc(-c5cccc6c5oc5ccccc56)c4)c4cccc(-c5cccc6c5oc5ccccc56)c4)cc3)cc21. The normalized spacial score (nSPS) is 13.0. The highest BCUT2D eigenvalue weighted by molar-refractivity contribution is 6.11. The highest BCUT2D eigenvalue weighted by Crippen LogP contribution is 2.50. The number of benzene rings is 9. The number of hydrogen-bond donors (Lipinski definition) is 0. The van der Waals surface area contributed by atoms with Crippen LogP contribution in [-0.2, 0) is 5.41 Å². The van der Waals surface area contributed by atoms with Crippen molar-refractivity contribution in [2.75, 3.05) is 4.90 Å². The van der Waals surface area contributed by atoms with Gasteiger partial charge in [-0.15, -0.1) is 0 Å². The molecular formula is C57H39NO2. The Bertz CT molecular complexity index is 3320. The van der Waals surface area contributed by atoms with Crippen LogP contribution in [0.4, 0.5) is 17.1 Å². The first-order valence-corrected chi connectivity index (χ1v) is 20.7. The summed E-state index contributed by atoms with van der Waals surface area (Å²) in [6.45, 7) is 4.68. The van der Waals surface area contributed by atoms with E-state index >= 15 is 0 Å². The second-order valence-electron chi connectivity index (χ2n) is 16.5. The standard InChI is InChI=1S/C57H39NO2/c1-57(2)51-24-6-3-17-45(51)46-32-29-37(35-52(46)57)36-27-30-40(31-28-36)58(41-15-9-13-38(33-41)43-20-11-22-49-47-18-4-7-25-53(47)59-55(43)49)42-16-10-14-39(34-42)44-21-12-23-50-48-19-5-8-26-54(48)60-56(44)50/h3-35H,1-2H3. The molecule has 0 saturated heterocycles. The van der Waals surface area contributed by atoms with Crippen LogP contribution in [0.2, 0.25) is 0 Å². The Kier molecular flexibility index (Phi) is 7.58. The van der Waals surface area contributed by atoms with Crippen molar-refractivity contribution in [1.82, 2.24) is 0 Å². The lowest BCUT2D eigenvalue weighted by molar-refractivity contribution is 0.660. The van der Waals surface area contributed by atoms with Gasteiger partial charge in [0, 0.05) is 55.1 Å². The number of fused-ring (bicyclic) bond motifs is 9. The quantitative estimate of drug-likeness (QED) is 0.169. The molecule has 11 aromatic rings. The van der Waals surface area contributed by atoms with Gasteiger partial charge < -0.3 is 13.7 Å². The molecule has 60 heavy (non-hydrogen) atoms. The van der Waals surface area contributed by atoms with Gasteiger partial charge in [-0.2, -0.15) is 0 Å². The molecule has 0 bridgehead atoms. The molecule has 0 fully saturated rings. The van der Waals surface area contributed by atoms with Gasteiger partial charge in [-0.1, -0.05) is 159 Å². The third-order valence-electron chi connectivity index (χ3n) is 12.7. The molecule has 2 heterocycles. The van der Waals surface area contributed by atoms with E-state index in [2.05, 4.69) is 195 Å². The Morgan fingerprint density at radius 1 is 0.333 bits per heavy atom. The lowest BCUT2D eigenvalue weighted by Crippen LogP contribution is -2.14. The maximum Gasteiger partial charge on any atom is 0.143 e. The van der Waals surface area contributed by atoms with Gasteiger partial charge in [-0.25, -0.2) is 0 Å². The van der Waals surface area contributed by atoms with Gasteiger partial charge in [0.2, 0.25) is 0 Å². The van der Waals surface area contributed by atoms with Crippen LogP contribution < -0.4 is 4.90 Å². The van der Waals surface area contributed by atoms with Crippen LogP contribution in [0.3, 0.4) is 0 Å². The summed E-state index contributed by atoms with van der Waals surface area (Å²) in [7, 11) is 0. The van der Waals surface area contributed by atoms with Crippen LogP contribution in [-0.4, -0.2) is 0 Å².